The van der Waals surface area contributed by atoms with Crippen LogP contribution in [0.15, 0.2) is 59.0 Å². The molecule has 3 atom stereocenters. The second-order valence-corrected chi connectivity index (χ2v) is 10.5. The van der Waals surface area contributed by atoms with E-state index in [-0.39, 0.29) is 30.6 Å². The van der Waals surface area contributed by atoms with Gasteiger partial charge in [0.25, 0.3) is 11.8 Å². The lowest BCUT2D eigenvalue weighted by Crippen LogP contribution is -2.55. The van der Waals surface area contributed by atoms with E-state index in [1.54, 1.807) is 30.3 Å². The van der Waals surface area contributed by atoms with E-state index >= 15 is 0 Å². The van der Waals surface area contributed by atoms with Crippen LogP contribution in [-0.2, 0) is 25.6 Å². The average molecular weight is 563 g/mol. The molecule has 0 unspecified atom stereocenters. The lowest BCUT2D eigenvalue weighted by Gasteiger charge is -2.27. The molecule has 0 radical (unpaired) electrons. The minimum Gasteiger partial charge on any atom is -0.451 e. The number of carbonyl (C=O) groups is 5. The summed E-state index contributed by atoms with van der Waals surface area (Å²) in [6.07, 6.45) is 2.67. The van der Waals surface area contributed by atoms with E-state index in [0.717, 1.165) is 12.8 Å². The number of furan rings is 1. The zero-order valence-corrected chi connectivity index (χ0v) is 22.3. The molecular formula is C30H31FN4O6. The fourth-order valence-corrected chi connectivity index (χ4v) is 4.88. The molecule has 1 aliphatic carbocycles. The van der Waals surface area contributed by atoms with Crippen molar-refractivity contribution in [2.75, 3.05) is 6.54 Å². The first-order valence-corrected chi connectivity index (χ1v) is 13.7. The van der Waals surface area contributed by atoms with E-state index in [1.165, 1.54) is 24.3 Å². The molecule has 5 rings (SSSR count). The number of halogens is 1. The number of hydrogen-bond acceptors (Lipinski definition) is 6. The molecule has 10 nitrogen and oxygen atoms in total. The number of nitrogens with one attached hydrogen (secondary N) is 4. The quantitative estimate of drug-likeness (QED) is 0.264. The number of piperidine rings is 1. The van der Waals surface area contributed by atoms with Gasteiger partial charge in [0.1, 0.15) is 17.4 Å². The van der Waals surface area contributed by atoms with Gasteiger partial charge >= 0.3 is 0 Å². The highest BCUT2D eigenvalue weighted by atomic mass is 19.1. The predicted octanol–water partition coefficient (Wildman–Crippen LogP) is 2.16. The molecule has 0 bridgehead atoms. The molecule has 2 aromatic carbocycles. The summed E-state index contributed by atoms with van der Waals surface area (Å²) >= 11 is 0. The lowest BCUT2D eigenvalue weighted by molar-refractivity contribution is -0.141. The van der Waals surface area contributed by atoms with E-state index in [9.17, 15) is 28.4 Å². The average Bonchev–Trinajstić information content (AvgIpc) is 3.67. The number of para-hydroxylation sites is 1. The monoisotopic (exact) mass is 562 g/mol. The zero-order chi connectivity index (χ0) is 28.9. The Morgan fingerprint density at radius 3 is 2.44 bits per heavy atom. The molecule has 41 heavy (non-hydrogen) atoms. The van der Waals surface area contributed by atoms with Crippen LogP contribution in [0.25, 0.3) is 11.0 Å². The molecule has 2 fully saturated rings. The Morgan fingerprint density at radius 1 is 0.976 bits per heavy atom. The summed E-state index contributed by atoms with van der Waals surface area (Å²) < 4.78 is 19.2. The Balaban J connectivity index is 1.37. The van der Waals surface area contributed by atoms with Crippen molar-refractivity contribution in [3.63, 3.8) is 0 Å². The third-order valence-electron chi connectivity index (χ3n) is 7.31. The Hall–Kier alpha value is -4.54. The van der Waals surface area contributed by atoms with Crippen molar-refractivity contribution in [2.24, 2.45) is 5.92 Å². The molecule has 0 spiro atoms. The van der Waals surface area contributed by atoms with Gasteiger partial charge in [0.2, 0.25) is 17.6 Å². The number of ketones is 1. The topological polar surface area (TPSA) is 147 Å². The maximum atomic E-state index is 13.6. The molecule has 3 aromatic rings. The van der Waals surface area contributed by atoms with E-state index in [1.807, 2.05) is 0 Å². The predicted molar refractivity (Wildman–Crippen MR) is 146 cm³/mol. The minimum atomic E-state index is -1.28. The summed E-state index contributed by atoms with van der Waals surface area (Å²) in [5, 5.41) is 11.4. The molecule has 214 valence electrons. The highest BCUT2D eigenvalue weighted by Gasteiger charge is 2.36. The van der Waals surface area contributed by atoms with Gasteiger partial charge in [-0.05, 0) is 61.9 Å². The summed E-state index contributed by atoms with van der Waals surface area (Å²) in [5.74, 6) is -4.35. The Labute approximate surface area is 235 Å². The van der Waals surface area contributed by atoms with Crippen LogP contribution in [0.3, 0.4) is 0 Å². The molecule has 1 aliphatic heterocycles. The van der Waals surface area contributed by atoms with Crippen LogP contribution in [0.1, 0.15) is 48.2 Å². The number of fused-ring (bicyclic) bond motifs is 1. The highest BCUT2D eigenvalue weighted by Crippen LogP contribution is 2.22. The molecule has 4 amide bonds. The van der Waals surface area contributed by atoms with Gasteiger partial charge in [-0.15, -0.1) is 0 Å². The van der Waals surface area contributed by atoms with Crippen molar-refractivity contribution in [3.8, 4) is 0 Å². The SMILES string of the molecule is O=C(NC1CC1)C(=O)[C@H](C[C@@H]1CCCNC1=O)NC(=O)[C@H](Cc1ccc(F)cc1)NC(=O)c1cc2ccccc2o1. The minimum absolute atomic E-state index is 0.0154. The van der Waals surface area contributed by atoms with Gasteiger partial charge in [-0.3, -0.25) is 24.0 Å². The van der Waals surface area contributed by atoms with E-state index in [4.69, 9.17) is 4.42 Å². The number of Topliss-reactive ketones (excluding diaryl/α,β-unsaturated/α-hetero) is 1. The molecule has 11 heteroatoms. The van der Waals surface area contributed by atoms with Crippen LogP contribution in [0.5, 0.6) is 0 Å². The van der Waals surface area contributed by atoms with Crippen LogP contribution in [0.2, 0.25) is 0 Å². The normalized spacial score (nSPS) is 18.2. The van der Waals surface area contributed by atoms with Gasteiger partial charge < -0.3 is 25.7 Å². The fourth-order valence-electron chi connectivity index (χ4n) is 4.88. The highest BCUT2D eigenvalue weighted by molar-refractivity contribution is 6.38. The van der Waals surface area contributed by atoms with Crippen molar-refractivity contribution < 1.29 is 32.8 Å². The molecule has 1 saturated carbocycles. The van der Waals surface area contributed by atoms with Crippen molar-refractivity contribution in [3.05, 3.63) is 71.7 Å². The van der Waals surface area contributed by atoms with Crippen molar-refractivity contribution in [1.82, 2.24) is 21.3 Å². The molecule has 4 N–H and O–H groups in total. The van der Waals surface area contributed by atoms with Crippen LogP contribution >= 0.6 is 0 Å². The largest absolute Gasteiger partial charge is 0.451 e. The first-order valence-electron chi connectivity index (χ1n) is 13.7. The fraction of sp³-hybridized carbons (Fsp3) is 0.367. The van der Waals surface area contributed by atoms with Gasteiger partial charge in [-0.2, -0.15) is 0 Å². The molecular weight excluding hydrogens is 531 g/mol. The van der Waals surface area contributed by atoms with Gasteiger partial charge in [0.05, 0.1) is 6.04 Å². The third kappa shape index (κ3) is 7.16. The van der Waals surface area contributed by atoms with Gasteiger partial charge in [0, 0.05) is 30.3 Å². The van der Waals surface area contributed by atoms with Gasteiger partial charge in [-0.1, -0.05) is 30.3 Å². The first-order chi connectivity index (χ1) is 19.8. The van der Waals surface area contributed by atoms with E-state index in [0.29, 0.717) is 35.9 Å². The maximum absolute atomic E-state index is 13.6. The van der Waals surface area contributed by atoms with Crippen LogP contribution in [-0.4, -0.2) is 54.1 Å². The lowest BCUT2D eigenvalue weighted by atomic mass is 9.89. The van der Waals surface area contributed by atoms with Gasteiger partial charge in [0.15, 0.2) is 5.76 Å². The van der Waals surface area contributed by atoms with Gasteiger partial charge in [-0.25, -0.2) is 4.39 Å². The van der Waals surface area contributed by atoms with Crippen LogP contribution in [0.4, 0.5) is 4.39 Å². The van der Waals surface area contributed by atoms with Crippen LogP contribution in [0, 0.1) is 11.7 Å². The van der Waals surface area contributed by atoms with Crippen molar-refractivity contribution >= 4 is 40.4 Å². The first kappa shape index (κ1) is 28.0. The molecule has 1 aromatic heterocycles. The Kier molecular flexibility index (Phi) is 8.42. The second-order valence-electron chi connectivity index (χ2n) is 10.5. The van der Waals surface area contributed by atoms with E-state index in [2.05, 4.69) is 21.3 Å². The molecule has 2 heterocycles. The number of amides is 4. The van der Waals surface area contributed by atoms with E-state index < -0.39 is 47.3 Å². The molecule has 2 aliphatic rings. The maximum Gasteiger partial charge on any atom is 0.289 e. The smallest absolute Gasteiger partial charge is 0.289 e. The van der Waals surface area contributed by atoms with Crippen LogP contribution < -0.4 is 21.3 Å². The summed E-state index contributed by atoms with van der Waals surface area (Å²) in [6.45, 7) is 0.524. The summed E-state index contributed by atoms with van der Waals surface area (Å²) in [7, 11) is 0. The second kappa shape index (κ2) is 12.3. The summed E-state index contributed by atoms with van der Waals surface area (Å²) in [6, 6.07) is 11.5. The van der Waals surface area contributed by atoms with Crippen molar-refractivity contribution in [2.45, 2.75) is 56.7 Å². The number of benzene rings is 2. The summed E-state index contributed by atoms with van der Waals surface area (Å²) in [5.41, 5.74) is 1.05. The Bertz CT molecular complexity index is 1430. The standard InChI is InChI=1S/C30H31FN4O6/c31-20-9-7-17(8-10-20)14-23(35-29(39)25-16-18-4-1-2-6-24(18)41-25)28(38)34-22(15-19-5-3-13-32-27(19)37)26(36)30(40)33-21-11-12-21/h1-2,4,6-10,16,19,21-23H,3,5,11-15H2,(H,32,37)(H,33,40)(H,34,38)(H,35,39)/t19-,22-,23-/m0/s1. The Morgan fingerprint density at radius 2 is 1.73 bits per heavy atom. The zero-order valence-electron chi connectivity index (χ0n) is 22.3. The number of hydrogen-bond donors (Lipinski definition) is 4. The summed E-state index contributed by atoms with van der Waals surface area (Å²) in [4.78, 5) is 65.1. The molecule has 1 saturated heterocycles. The number of carbonyl (C=O) groups excluding carboxylic acids is 5. The third-order valence-corrected chi connectivity index (χ3v) is 7.31. The number of rotatable bonds is 11. The van der Waals surface area contributed by atoms with Crippen molar-refractivity contribution in [1.29, 1.82) is 0 Å².